The van der Waals surface area contributed by atoms with E-state index in [1.54, 1.807) is 18.9 Å². The lowest BCUT2D eigenvalue weighted by atomic mass is 10.1. The number of H-pyrrole nitrogens is 1. The zero-order valence-corrected chi connectivity index (χ0v) is 15.0. The summed E-state index contributed by atoms with van der Waals surface area (Å²) in [5.41, 5.74) is 3.21. The molecule has 5 rings (SSSR count). The largest absolute Gasteiger partial charge is 0.497 e. The first-order valence-electron chi connectivity index (χ1n) is 8.48. The molecule has 1 unspecified atom stereocenters. The summed E-state index contributed by atoms with van der Waals surface area (Å²) in [6, 6.07) is 26.8. The van der Waals surface area contributed by atoms with Crippen LogP contribution in [0.2, 0.25) is 0 Å². The number of hydrogen-bond acceptors (Lipinski definition) is 3. The molecule has 128 valence electrons. The van der Waals surface area contributed by atoms with Gasteiger partial charge in [0, 0.05) is 11.1 Å². The van der Waals surface area contributed by atoms with E-state index in [9.17, 15) is 0 Å². The highest BCUT2D eigenvalue weighted by Gasteiger charge is 2.45. The van der Waals surface area contributed by atoms with Crippen LogP contribution in [0, 0.1) is 0 Å². The van der Waals surface area contributed by atoms with E-state index in [2.05, 4.69) is 47.4 Å². The predicted octanol–water partition coefficient (Wildman–Crippen LogP) is 5.56. The fourth-order valence-electron chi connectivity index (χ4n) is 3.39. The minimum absolute atomic E-state index is 0.644. The molecule has 1 aromatic heterocycles. The molecule has 0 saturated carbocycles. The lowest BCUT2D eigenvalue weighted by Crippen LogP contribution is -2.28. The standard InChI is InChI=1S/C22H17NO2S/c1-24-17-12-10-16(11-13-17)22(25-19-8-4-5-9-20(19)26-22)21-14-15-6-2-3-7-18(15)23-21/h2-14,23H,1H3. The summed E-state index contributed by atoms with van der Waals surface area (Å²) in [5.74, 6) is 1.74. The lowest BCUT2D eigenvalue weighted by molar-refractivity contribution is 0.214. The minimum Gasteiger partial charge on any atom is -0.497 e. The molecule has 3 aromatic carbocycles. The second-order valence-corrected chi connectivity index (χ2v) is 7.49. The average Bonchev–Trinajstić information content (AvgIpc) is 3.30. The molecule has 1 aliphatic rings. The fraction of sp³-hybridized carbons (Fsp3) is 0.0909. The molecular weight excluding hydrogens is 342 g/mol. The van der Waals surface area contributed by atoms with Crippen molar-refractivity contribution in [2.75, 3.05) is 7.11 Å². The van der Waals surface area contributed by atoms with Gasteiger partial charge in [-0.05, 0) is 41.8 Å². The lowest BCUT2D eigenvalue weighted by Gasteiger charge is -2.27. The molecule has 0 saturated heterocycles. The van der Waals surface area contributed by atoms with Crippen molar-refractivity contribution in [3.8, 4) is 11.5 Å². The van der Waals surface area contributed by atoms with Crippen molar-refractivity contribution >= 4 is 22.7 Å². The van der Waals surface area contributed by atoms with Gasteiger partial charge >= 0.3 is 0 Å². The number of aromatic amines is 1. The van der Waals surface area contributed by atoms with Crippen LogP contribution in [-0.2, 0) is 4.93 Å². The number of fused-ring (bicyclic) bond motifs is 2. The molecule has 26 heavy (non-hydrogen) atoms. The van der Waals surface area contributed by atoms with Crippen LogP contribution in [0.15, 0.2) is 83.8 Å². The summed E-state index contributed by atoms with van der Waals surface area (Å²) in [7, 11) is 1.68. The van der Waals surface area contributed by atoms with E-state index >= 15 is 0 Å². The first-order valence-corrected chi connectivity index (χ1v) is 9.30. The van der Waals surface area contributed by atoms with Gasteiger partial charge in [0.25, 0.3) is 0 Å². The maximum Gasteiger partial charge on any atom is 0.225 e. The van der Waals surface area contributed by atoms with Crippen molar-refractivity contribution in [1.29, 1.82) is 0 Å². The molecule has 0 bridgehead atoms. The monoisotopic (exact) mass is 359 g/mol. The predicted molar refractivity (Wildman–Crippen MR) is 105 cm³/mol. The van der Waals surface area contributed by atoms with E-state index in [4.69, 9.17) is 9.47 Å². The molecule has 0 spiro atoms. The molecule has 0 radical (unpaired) electrons. The number of ether oxygens (including phenoxy) is 2. The summed E-state index contributed by atoms with van der Waals surface area (Å²) in [6.07, 6.45) is 0. The van der Waals surface area contributed by atoms with Gasteiger partial charge in [-0.1, -0.05) is 54.2 Å². The van der Waals surface area contributed by atoms with Gasteiger partial charge in [-0.2, -0.15) is 0 Å². The topological polar surface area (TPSA) is 34.2 Å². The Morgan fingerprint density at radius 2 is 1.69 bits per heavy atom. The molecule has 1 atom stereocenters. The molecule has 4 heteroatoms. The molecular formula is C22H17NO2S. The summed E-state index contributed by atoms with van der Waals surface area (Å²) in [6.45, 7) is 0. The van der Waals surface area contributed by atoms with E-state index in [1.807, 2.05) is 36.4 Å². The van der Waals surface area contributed by atoms with E-state index in [-0.39, 0.29) is 0 Å². The Morgan fingerprint density at radius 3 is 2.46 bits per heavy atom. The number of thioether (sulfide) groups is 1. The Kier molecular flexibility index (Phi) is 3.47. The van der Waals surface area contributed by atoms with Crippen LogP contribution >= 0.6 is 11.8 Å². The maximum atomic E-state index is 6.56. The Morgan fingerprint density at radius 1 is 0.923 bits per heavy atom. The normalized spacial score (nSPS) is 18.5. The summed E-state index contributed by atoms with van der Waals surface area (Å²) in [5, 5.41) is 1.18. The Labute approximate surface area is 156 Å². The van der Waals surface area contributed by atoms with Crippen molar-refractivity contribution < 1.29 is 9.47 Å². The van der Waals surface area contributed by atoms with E-state index in [1.165, 1.54) is 5.39 Å². The second-order valence-electron chi connectivity index (χ2n) is 6.27. The highest BCUT2D eigenvalue weighted by atomic mass is 32.2. The smallest absolute Gasteiger partial charge is 0.225 e. The van der Waals surface area contributed by atoms with Crippen LogP contribution in [0.25, 0.3) is 10.9 Å². The van der Waals surface area contributed by atoms with E-state index in [0.717, 1.165) is 33.2 Å². The summed E-state index contributed by atoms with van der Waals surface area (Å²) >= 11 is 1.72. The van der Waals surface area contributed by atoms with Gasteiger partial charge in [-0.15, -0.1) is 0 Å². The Balaban J connectivity index is 1.70. The van der Waals surface area contributed by atoms with Crippen molar-refractivity contribution in [3.63, 3.8) is 0 Å². The first-order chi connectivity index (χ1) is 12.8. The van der Waals surface area contributed by atoms with Crippen LogP contribution < -0.4 is 9.47 Å². The van der Waals surface area contributed by atoms with Gasteiger partial charge in [-0.3, -0.25) is 0 Å². The molecule has 2 heterocycles. The van der Waals surface area contributed by atoms with Crippen LogP contribution in [0.1, 0.15) is 11.3 Å². The minimum atomic E-state index is -0.644. The number of hydrogen-bond donors (Lipinski definition) is 1. The van der Waals surface area contributed by atoms with Crippen LogP contribution in [0.5, 0.6) is 11.5 Å². The summed E-state index contributed by atoms with van der Waals surface area (Å²) in [4.78, 5) is 4.06. The third kappa shape index (κ3) is 2.30. The number of rotatable bonds is 3. The Hall–Kier alpha value is -2.85. The number of benzene rings is 3. The van der Waals surface area contributed by atoms with Crippen LogP contribution in [0.3, 0.4) is 0 Å². The quantitative estimate of drug-likeness (QED) is 0.520. The molecule has 0 amide bonds. The SMILES string of the molecule is COc1ccc(C2(c3cc4ccccc4[nH]3)Oc3ccccc3S2)cc1. The number of methoxy groups -OCH3 is 1. The maximum absolute atomic E-state index is 6.56. The third-order valence-electron chi connectivity index (χ3n) is 4.71. The molecule has 1 aliphatic heterocycles. The van der Waals surface area contributed by atoms with Gasteiger partial charge in [0.1, 0.15) is 11.5 Å². The first kappa shape index (κ1) is 15.4. The van der Waals surface area contributed by atoms with Crippen molar-refractivity contribution in [2.45, 2.75) is 9.83 Å². The van der Waals surface area contributed by atoms with E-state index in [0.29, 0.717) is 0 Å². The molecule has 4 aromatic rings. The van der Waals surface area contributed by atoms with Gasteiger partial charge < -0.3 is 14.5 Å². The molecule has 0 aliphatic carbocycles. The van der Waals surface area contributed by atoms with Crippen LogP contribution in [-0.4, -0.2) is 12.1 Å². The number of para-hydroxylation sites is 2. The average molecular weight is 359 g/mol. The highest BCUT2D eigenvalue weighted by Crippen LogP contribution is 2.56. The van der Waals surface area contributed by atoms with Crippen molar-refractivity contribution in [1.82, 2.24) is 4.98 Å². The highest BCUT2D eigenvalue weighted by molar-refractivity contribution is 8.00. The fourth-order valence-corrected chi connectivity index (χ4v) is 4.67. The van der Waals surface area contributed by atoms with E-state index < -0.39 is 4.93 Å². The van der Waals surface area contributed by atoms with Crippen LogP contribution in [0.4, 0.5) is 0 Å². The van der Waals surface area contributed by atoms with Crippen molar-refractivity contribution in [2.24, 2.45) is 0 Å². The van der Waals surface area contributed by atoms with Gasteiger partial charge in [0.15, 0.2) is 0 Å². The Bertz CT molecular complexity index is 1030. The number of aromatic nitrogens is 1. The number of nitrogens with one attached hydrogen (secondary N) is 1. The molecule has 0 fully saturated rings. The zero-order valence-electron chi connectivity index (χ0n) is 14.2. The zero-order chi connectivity index (χ0) is 17.6. The third-order valence-corrected chi connectivity index (χ3v) is 6.09. The summed E-state index contributed by atoms with van der Waals surface area (Å²) < 4.78 is 11.9. The second kappa shape index (κ2) is 5.85. The van der Waals surface area contributed by atoms with Crippen molar-refractivity contribution in [3.05, 3.63) is 90.1 Å². The van der Waals surface area contributed by atoms with Gasteiger partial charge in [0.2, 0.25) is 4.93 Å². The molecule has 1 N–H and O–H groups in total. The van der Waals surface area contributed by atoms with Gasteiger partial charge in [0.05, 0.1) is 17.7 Å². The molecule has 3 nitrogen and oxygen atoms in total. The van der Waals surface area contributed by atoms with Gasteiger partial charge in [-0.25, -0.2) is 0 Å².